The molecule has 18 heavy (non-hydrogen) atoms. The lowest BCUT2D eigenvalue weighted by Crippen LogP contribution is -2.07. The summed E-state index contributed by atoms with van der Waals surface area (Å²) in [4.78, 5) is 11.8. The number of esters is 1. The first-order valence-corrected chi connectivity index (χ1v) is 6.39. The third kappa shape index (κ3) is 1.46. The van der Waals surface area contributed by atoms with Gasteiger partial charge in [-0.05, 0) is 17.0 Å². The van der Waals surface area contributed by atoms with Crippen LogP contribution in [0.15, 0.2) is 18.2 Å². The molecule has 2 unspecified atom stereocenters. The maximum atomic E-state index is 11.8. The number of methoxy groups -OCH3 is 1. The summed E-state index contributed by atoms with van der Waals surface area (Å²) < 4.78 is 10.5. The molecule has 1 aromatic carbocycles. The van der Waals surface area contributed by atoms with Gasteiger partial charge in [0, 0.05) is 17.9 Å². The van der Waals surface area contributed by atoms with E-state index in [9.17, 15) is 4.79 Å². The monoisotopic (exact) mass is 246 g/mol. The number of carbonyl (C=O) groups is 1. The van der Waals surface area contributed by atoms with E-state index in [1.807, 2.05) is 12.1 Å². The Labute approximate surface area is 107 Å². The zero-order chi connectivity index (χ0) is 12.9. The Morgan fingerprint density at radius 2 is 2.22 bits per heavy atom. The first kappa shape index (κ1) is 11.6. The minimum atomic E-state index is -0.0958. The first-order valence-electron chi connectivity index (χ1n) is 6.39. The van der Waals surface area contributed by atoms with E-state index in [2.05, 4.69) is 19.9 Å². The van der Waals surface area contributed by atoms with Crippen LogP contribution in [0.5, 0.6) is 5.75 Å². The van der Waals surface area contributed by atoms with Crippen LogP contribution in [-0.2, 0) is 16.0 Å². The van der Waals surface area contributed by atoms with Crippen LogP contribution in [0.1, 0.15) is 30.9 Å². The van der Waals surface area contributed by atoms with Gasteiger partial charge < -0.3 is 9.47 Å². The molecule has 3 nitrogen and oxygen atoms in total. The molecule has 0 N–H and O–H groups in total. The molecule has 0 radical (unpaired) electrons. The van der Waals surface area contributed by atoms with E-state index in [1.54, 1.807) is 0 Å². The van der Waals surface area contributed by atoms with Crippen LogP contribution in [0.2, 0.25) is 0 Å². The third-order valence-corrected chi connectivity index (χ3v) is 4.40. The Morgan fingerprint density at radius 1 is 1.44 bits per heavy atom. The predicted molar refractivity (Wildman–Crippen MR) is 67.7 cm³/mol. The van der Waals surface area contributed by atoms with Crippen molar-refractivity contribution < 1.29 is 14.3 Å². The summed E-state index contributed by atoms with van der Waals surface area (Å²) in [5.41, 5.74) is 2.54. The highest BCUT2D eigenvalue weighted by molar-refractivity contribution is 5.79. The lowest BCUT2D eigenvalue weighted by Gasteiger charge is -2.07. The fourth-order valence-corrected chi connectivity index (χ4v) is 3.32. The summed E-state index contributed by atoms with van der Waals surface area (Å²) in [7, 11) is 1.46. The van der Waals surface area contributed by atoms with Gasteiger partial charge in [0.15, 0.2) is 0 Å². The molecule has 1 saturated carbocycles. The molecule has 1 heterocycles. The van der Waals surface area contributed by atoms with Gasteiger partial charge in [-0.25, -0.2) is 0 Å². The van der Waals surface area contributed by atoms with Gasteiger partial charge in [0.1, 0.15) is 5.75 Å². The number of benzene rings is 1. The molecule has 0 bridgehead atoms. The Morgan fingerprint density at radius 3 is 2.94 bits per heavy atom. The molecule has 3 rings (SSSR count). The van der Waals surface area contributed by atoms with Crippen LogP contribution in [0.3, 0.4) is 0 Å². The van der Waals surface area contributed by atoms with Crippen molar-refractivity contribution in [2.24, 2.45) is 11.3 Å². The van der Waals surface area contributed by atoms with E-state index in [4.69, 9.17) is 9.47 Å². The van der Waals surface area contributed by atoms with Gasteiger partial charge in [-0.3, -0.25) is 4.79 Å². The second-order valence-corrected chi connectivity index (χ2v) is 5.72. The van der Waals surface area contributed by atoms with E-state index < -0.39 is 0 Å². The van der Waals surface area contributed by atoms with E-state index in [0.29, 0.717) is 0 Å². The Kier molecular flexibility index (Phi) is 2.40. The second kappa shape index (κ2) is 3.74. The molecule has 0 saturated heterocycles. The maximum Gasteiger partial charge on any atom is 0.309 e. The molecule has 2 atom stereocenters. The second-order valence-electron chi connectivity index (χ2n) is 5.72. The van der Waals surface area contributed by atoms with Crippen molar-refractivity contribution in [2.45, 2.75) is 26.2 Å². The fraction of sp³-hybridized carbons (Fsp3) is 0.533. The summed E-state index contributed by atoms with van der Waals surface area (Å²) in [6, 6.07) is 6.15. The van der Waals surface area contributed by atoms with Crippen molar-refractivity contribution in [3.05, 3.63) is 29.3 Å². The highest BCUT2D eigenvalue weighted by Crippen LogP contribution is 2.65. The van der Waals surface area contributed by atoms with Gasteiger partial charge in [-0.1, -0.05) is 26.0 Å². The van der Waals surface area contributed by atoms with Crippen LogP contribution >= 0.6 is 0 Å². The smallest absolute Gasteiger partial charge is 0.309 e. The molecule has 1 aromatic rings. The quantitative estimate of drug-likeness (QED) is 0.752. The molecule has 0 amide bonds. The zero-order valence-corrected chi connectivity index (χ0v) is 11.0. The summed E-state index contributed by atoms with van der Waals surface area (Å²) >= 11 is 0. The lowest BCUT2D eigenvalue weighted by atomic mass is 9.96. The molecule has 1 aliphatic heterocycles. The minimum absolute atomic E-state index is 0.00912. The van der Waals surface area contributed by atoms with E-state index in [-0.39, 0.29) is 23.2 Å². The maximum absolute atomic E-state index is 11.8. The van der Waals surface area contributed by atoms with Gasteiger partial charge in [-0.15, -0.1) is 0 Å². The van der Waals surface area contributed by atoms with Crippen molar-refractivity contribution in [1.29, 1.82) is 0 Å². The molecule has 0 aromatic heterocycles. The highest BCUT2D eigenvalue weighted by atomic mass is 16.5. The number of ether oxygens (including phenoxy) is 2. The van der Waals surface area contributed by atoms with Crippen LogP contribution < -0.4 is 4.74 Å². The Balaban J connectivity index is 1.98. The molecule has 3 heteroatoms. The van der Waals surface area contributed by atoms with Crippen molar-refractivity contribution in [3.63, 3.8) is 0 Å². The number of fused-ring (bicyclic) bond motifs is 1. The number of hydrogen-bond donors (Lipinski definition) is 0. The van der Waals surface area contributed by atoms with Crippen LogP contribution in [0.25, 0.3) is 0 Å². The number of rotatable bonds is 2. The largest absolute Gasteiger partial charge is 0.493 e. The molecule has 1 fully saturated rings. The van der Waals surface area contributed by atoms with Gasteiger partial charge in [-0.2, -0.15) is 0 Å². The number of hydrogen-bond acceptors (Lipinski definition) is 3. The van der Waals surface area contributed by atoms with Crippen molar-refractivity contribution >= 4 is 5.97 Å². The lowest BCUT2D eigenvalue weighted by molar-refractivity contribution is -0.143. The van der Waals surface area contributed by atoms with E-state index in [0.717, 1.165) is 18.8 Å². The fourth-order valence-electron chi connectivity index (χ4n) is 3.32. The summed E-state index contributed by atoms with van der Waals surface area (Å²) in [5.74, 6) is 1.14. The molecular formula is C15H18O3. The van der Waals surface area contributed by atoms with Gasteiger partial charge in [0.05, 0.1) is 19.6 Å². The molecule has 0 spiro atoms. The topological polar surface area (TPSA) is 35.5 Å². The average molecular weight is 246 g/mol. The van der Waals surface area contributed by atoms with E-state index in [1.165, 1.54) is 18.2 Å². The van der Waals surface area contributed by atoms with Gasteiger partial charge >= 0.3 is 5.97 Å². The summed E-state index contributed by atoms with van der Waals surface area (Å²) in [6.45, 7) is 5.02. The SMILES string of the molecule is COC(=O)C1C(c2cccc3c2CCO3)C1(C)C. The predicted octanol–water partition coefficient (Wildman–Crippen LogP) is 2.53. The summed E-state index contributed by atoms with van der Waals surface area (Å²) in [5, 5.41) is 0. The molecule has 96 valence electrons. The third-order valence-electron chi connectivity index (χ3n) is 4.40. The van der Waals surface area contributed by atoms with E-state index >= 15 is 0 Å². The van der Waals surface area contributed by atoms with Crippen molar-refractivity contribution in [2.75, 3.05) is 13.7 Å². The minimum Gasteiger partial charge on any atom is -0.493 e. The van der Waals surface area contributed by atoms with Gasteiger partial charge in [0.25, 0.3) is 0 Å². The Hall–Kier alpha value is -1.51. The van der Waals surface area contributed by atoms with Gasteiger partial charge in [0.2, 0.25) is 0 Å². The number of carbonyl (C=O) groups excluding carboxylic acids is 1. The highest BCUT2D eigenvalue weighted by Gasteiger charge is 2.63. The average Bonchev–Trinajstić information content (AvgIpc) is 2.75. The van der Waals surface area contributed by atoms with Crippen LogP contribution in [0.4, 0.5) is 0 Å². The normalized spacial score (nSPS) is 27.3. The summed E-state index contributed by atoms with van der Waals surface area (Å²) in [6.07, 6.45) is 0.950. The van der Waals surface area contributed by atoms with Crippen LogP contribution in [-0.4, -0.2) is 19.7 Å². The first-order chi connectivity index (χ1) is 8.57. The van der Waals surface area contributed by atoms with Crippen molar-refractivity contribution in [3.8, 4) is 5.75 Å². The Bertz CT molecular complexity index is 504. The molecular weight excluding hydrogens is 228 g/mol. The zero-order valence-electron chi connectivity index (χ0n) is 11.0. The van der Waals surface area contributed by atoms with Crippen molar-refractivity contribution in [1.82, 2.24) is 0 Å². The molecule has 2 aliphatic rings. The standard InChI is InChI=1S/C15H18O3/c1-15(2)12(13(15)14(16)17-3)10-5-4-6-11-9(10)7-8-18-11/h4-6,12-13H,7-8H2,1-3H3. The molecule has 1 aliphatic carbocycles. The van der Waals surface area contributed by atoms with Crippen LogP contribution in [0, 0.1) is 11.3 Å².